The Morgan fingerprint density at radius 2 is 1.92 bits per heavy atom. The first-order valence-electron chi connectivity index (χ1n) is 8.04. The summed E-state index contributed by atoms with van der Waals surface area (Å²) in [5, 5.41) is 3.22. The predicted molar refractivity (Wildman–Crippen MR) is 97.5 cm³/mol. The molecule has 3 N–H and O–H groups in total. The maximum absolute atomic E-state index is 12.9. The van der Waals surface area contributed by atoms with Crippen LogP contribution in [-0.4, -0.2) is 25.0 Å². The molecule has 2 aromatic rings. The van der Waals surface area contributed by atoms with Gasteiger partial charge in [-0.15, -0.1) is 0 Å². The van der Waals surface area contributed by atoms with Crippen molar-refractivity contribution in [3.63, 3.8) is 0 Å². The van der Waals surface area contributed by atoms with Gasteiger partial charge >= 0.3 is 0 Å². The number of nitrogens with one attached hydrogen (secondary N) is 1. The zero-order valence-electron chi connectivity index (χ0n) is 14.3. The van der Waals surface area contributed by atoms with Gasteiger partial charge in [-0.3, -0.25) is 9.59 Å². The number of ether oxygens (including phenoxy) is 1. The third-order valence-electron chi connectivity index (χ3n) is 3.84. The van der Waals surface area contributed by atoms with E-state index in [-0.39, 0.29) is 24.9 Å². The molecule has 1 atom stereocenters. The van der Waals surface area contributed by atoms with Crippen molar-refractivity contribution in [1.29, 1.82) is 0 Å². The lowest BCUT2D eigenvalue weighted by molar-refractivity contribution is -0.124. The summed E-state index contributed by atoms with van der Waals surface area (Å²) in [6, 6.07) is 10.9. The van der Waals surface area contributed by atoms with Gasteiger partial charge in [-0.05, 0) is 54.8 Å². The van der Waals surface area contributed by atoms with Crippen LogP contribution in [0.25, 0.3) is 0 Å². The van der Waals surface area contributed by atoms with Gasteiger partial charge in [0.2, 0.25) is 5.91 Å². The number of carbonyl (C=O) groups is 2. The Bertz CT molecular complexity index is 781. The third-order valence-corrected chi connectivity index (χ3v) is 4.07. The number of carbonyl (C=O) groups excluding carboxylic acids is 2. The van der Waals surface area contributed by atoms with Gasteiger partial charge in [-0.1, -0.05) is 23.7 Å². The molecule has 26 heavy (non-hydrogen) atoms. The molecule has 2 aromatic carbocycles. The minimum Gasteiger partial charge on any atom is -0.484 e. The van der Waals surface area contributed by atoms with Crippen molar-refractivity contribution in [2.24, 2.45) is 11.7 Å². The fourth-order valence-electron chi connectivity index (χ4n) is 2.38. The predicted octanol–water partition coefficient (Wildman–Crippen LogP) is 2.63. The molecule has 0 bridgehead atoms. The highest BCUT2D eigenvalue weighted by atomic mass is 35.5. The Hall–Kier alpha value is -2.60. The Balaban J connectivity index is 1.84. The van der Waals surface area contributed by atoms with E-state index in [0.29, 0.717) is 17.2 Å². The fraction of sp³-hybridized carbons (Fsp3) is 0.263. The normalized spacial score (nSPS) is 11.7. The fourth-order valence-corrected chi connectivity index (χ4v) is 2.61. The molecule has 0 aliphatic carbocycles. The molecule has 0 aliphatic heterocycles. The van der Waals surface area contributed by atoms with Crippen LogP contribution < -0.4 is 15.8 Å². The second kappa shape index (κ2) is 9.20. The summed E-state index contributed by atoms with van der Waals surface area (Å²) < 4.78 is 18.4. The highest BCUT2D eigenvalue weighted by Gasteiger charge is 2.17. The first-order valence-corrected chi connectivity index (χ1v) is 8.42. The molecule has 5 nitrogen and oxygen atoms in total. The van der Waals surface area contributed by atoms with E-state index in [1.165, 1.54) is 12.1 Å². The number of nitrogens with two attached hydrogens (primary N) is 1. The molecule has 0 aliphatic rings. The summed E-state index contributed by atoms with van der Waals surface area (Å²) in [6.45, 7) is 1.71. The largest absolute Gasteiger partial charge is 0.484 e. The number of halogens is 2. The minimum absolute atomic E-state index is 0.0779. The first-order chi connectivity index (χ1) is 12.3. The summed E-state index contributed by atoms with van der Waals surface area (Å²) in [4.78, 5) is 23.5. The van der Waals surface area contributed by atoms with Gasteiger partial charge in [-0.25, -0.2) is 4.39 Å². The smallest absolute Gasteiger partial charge is 0.257 e. The molecule has 0 radical (unpaired) electrons. The molecule has 0 saturated carbocycles. The summed E-state index contributed by atoms with van der Waals surface area (Å²) in [7, 11) is 0. The van der Waals surface area contributed by atoms with E-state index in [4.69, 9.17) is 22.1 Å². The van der Waals surface area contributed by atoms with Crippen molar-refractivity contribution >= 4 is 23.4 Å². The summed E-state index contributed by atoms with van der Waals surface area (Å²) in [5.41, 5.74) is 6.97. The molecule has 1 unspecified atom stereocenters. The van der Waals surface area contributed by atoms with Gasteiger partial charge in [-0.2, -0.15) is 0 Å². The number of aryl methyl sites for hydroxylation is 1. The second-order valence-corrected chi connectivity index (χ2v) is 6.37. The number of hydrogen-bond acceptors (Lipinski definition) is 3. The number of amides is 2. The number of benzene rings is 2. The lowest BCUT2D eigenvalue weighted by atomic mass is 9.98. The third kappa shape index (κ3) is 6.04. The van der Waals surface area contributed by atoms with Crippen molar-refractivity contribution in [3.05, 3.63) is 64.4 Å². The van der Waals surface area contributed by atoms with Gasteiger partial charge in [0.1, 0.15) is 11.6 Å². The molecule has 0 heterocycles. The van der Waals surface area contributed by atoms with E-state index in [1.807, 2.05) is 6.92 Å². The highest BCUT2D eigenvalue weighted by molar-refractivity contribution is 6.30. The van der Waals surface area contributed by atoms with Crippen molar-refractivity contribution in [2.75, 3.05) is 13.2 Å². The minimum atomic E-state index is -0.596. The zero-order valence-corrected chi connectivity index (χ0v) is 15.1. The Labute approximate surface area is 156 Å². The highest BCUT2D eigenvalue weighted by Crippen LogP contribution is 2.21. The number of primary amides is 1. The van der Waals surface area contributed by atoms with Crippen LogP contribution in [-0.2, 0) is 16.0 Å². The molecular weight excluding hydrogens is 359 g/mol. The summed E-state index contributed by atoms with van der Waals surface area (Å²) in [6.07, 6.45) is 0.313. The quantitative estimate of drug-likeness (QED) is 0.740. The van der Waals surface area contributed by atoms with E-state index in [0.717, 1.165) is 11.1 Å². The van der Waals surface area contributed by atoms with Crippen LogP contribution in [0.1, 0.15) is 11.1 Å². The maximum Gasteiger partial charge on any atom is 0.257 e. The van der Waals surface area contributed by atoms with Crippen LogP contribution in [0, 0.1) is 18.7 Å². The number of hydrogen-bond donors (Lipinski definition) is 2. The van der Waals surface area contributed by atoms with E-state index in [2.05, 4.69) is 5.32 Å². The first kappa shape index (κ1) is 19.7. The molecule has 138 valence electrons. The molecule has 0 saturated heterocycles. The standard InChI is InChI=1S/C19H20ClFN2O3/c1-12-8-15(20)4-7-17(12)26-11-18(24)23-10-14(19(22)25)9-13-2-5-16(21)6-3-13/h2-8,14H,9-11H2,1H3,(H2,22,25)(H,23,24). The van der Waals surface area contributed by atoms with Crippen molar-refractivity contribution in [3.8, 4) is 5.75 Å². The van der Waals surface area contributed by atoms with Gasteiger partial charge < -0.3 is 15.8 Å². The van der Waals surface area contributed by atoms with Crippen molar-refractivity contribution in [1.82, 2.24) is 5.32 Å². The van der Waals surface area contributed by atoms with Gasteiger partial charge in [0.15, 0.2) is 6.61 Å². The molecule has 0 aromatic heterocycles. The van der Waals surface area contributed by atoms with Crippen molar-refractivity contribution < 1.29 is 18.7 Å². The van der Waals surface area contributed by atoms with Crippen molar-refractivity contribution in [2.45, 2.75) is 13.3 Å². The molecule has 0 fully saturated rings. The summed E-state index contributed by atoms with van der Waals surface area (Å²) in [5.74, 6) is -1.30. The molecular formula is C19H20ClFN2O3. The molecule has 2 amide bonds. The topological polar surface area (TPSA) is 81.4 Å². The average Bonchev–Trinajstić information content (AvgIpc) is 2.59. The zero-order chi connectivity index (χ0) is 19.1. The monoisotopic (exact) mass is 378 g/mol. The molecule has 2 rings (SSSR count). The molecule has 7 heteroatoms. The Kier molecular flexibility index (Phi) is 6.97. The van der Waals surface area contributed by atoms with Gasteiger partial charge in [0.05, 0.1) is 5.92 Å². The van der Waals surface area contributed by atoms with Crippen LogP contribution in [0.2, 0.25) is 5.02 Å². The van der Waals surface area contributed by atoms with Gasteiger partial charge in [0.25, 0.3) is 5.91 Å². The van der Waals surface area contributed by atoms with Crippen LogP contribution in [0.15, 0.2) is 42.5 Å². The van der Waals surface area contributed by atoms with E-state index in [9.17, 15) is 14.0 Å². The second-order valence-electron chi connectivity index (χ2n) is 5.93. The van der Waals surface area contributed by atoms with Crippen LogP contribution in [0.4, 0.5) is 4.39 Å². The van der Waals surface area contributed by atoms with E-state index >= 15 is 0 Å². The Morgan fingerprint density at radius 3 is 2.54 bits per heavy atom. The van der Waals surface area contributed by atoms with E-state index in [1.54, 1.807) is 30.3 Å². The lowest BCUT2D eigenvalue weighted by Gasteiger charge is -2.15. The van der Waals surface area contributed by atoms with E-state index < -0.39 is 11.8 Å². The average molecular weight is 379 g/mol. The summed E-state index contributed by atoms with van der Waals surface area (Å²) >= 11 is 5.87. The van der Waals surface area contributed by atoms with Crippen LogP contribution >= 0.6 is 11.6 Å². The van der Waals surface area contributed by atoms with Gasteiger partial charge in [0, 0.05) is 11.6 Å². The van der Waals surface area contributed by atoms with Crippen LogP contribution in [0.3, 0.4) is 0 Å². The maximum atomic E-state index is 12.9. The molecule has 0 spiro atoms. The lowest BCUT2D eigenvalue weighted by Crippen LogP contribution is -2.39. The van der Waals surface area contributed by atoms with Crippen LogP contribution in [0.5, 0.6) is 5.75 Å². The Morgan fingerprint density at radius 1 is 1.23 bits per heavy atom. The SMILES string of the molecule is Cc1cc(Cl)ccc1OCC(=O)NCC(Cc1ccc(F)cc1)C(N)=O. The number of rotatable bonds is 8.